The number of imidazole rings is 1. The smallest absolute Gasteiger partial charge is 0.427 e. The highest BCUT2D eigenvalue weighted by molar-refractivity contribution is 5.98. The Morgan fingerprint density at radius 2 is 2.28 bits per heavy atom. The lowest BCUT2D eigenvalue weighted by molar-refractivity contribution is 0.152. The summed E-state index contributed by atoms with van der Waals surface area (Å²) in [7, 11) is 0. The average molecular weight is 246 g/mol. The van der Waals surface area contributed by atoms with Gasteiger partial charge in [0, 0.05) is 0 Å². The molecule has 2 rings (SSSR count). The predicted octanol–water partition coefficient (Wildman–Crippen LogP) is 2.03. The number of carbonyl (C=O) groups is 1. The van der Waals surface area contributed by atoms with Crippen molar-refractivity contribution in [2.45, 2.75) is 13.8 Å². The number of carbonyl (C=O) groups excluding carboxylic acids is 1. The molecule has 6 nitrogen and oxygen atoms in total. The molecule has 1 aromatic heterocycles. The van der Waals surface area contributed by atoms with E-state index in [2.05, 4.69) is 20.5 Å². The number of nitrogens with one attached hydrogen (secondary N) is 2. The highest BCUT2D eigenvalue weighted by Crippen LogP contribution is 2.10. The fraction of sp³-hybridized carbons (Fsp3) is 0.250. The quantitative estimate of drug-likeness (QED) is 0.642. The summed E-state index contributed by atoms with van der Waals surface area (Å²) < 4.78 is 4.70. The van der Waals surface area contributed by atoms with Gasteiger partial charge in [0.25, 0.3) is 0 Å². The van der Waals surface area contributed by atoms with Gasteiger partial charge in [-0.25, -0.2) is 15.2 Å². The Morgan fingerprint density at radius 3 is 3.00 bits per heavy atom. The maximum Gasteiger partial charge on any atom is 0.427 e. The van der Waals surface area contributed by atoms with Crippen LogP contribution in [0, 0.1) is 0 Å². The summed E-state index contributed by atoms with van der Waals surface area (Å²) in [6, 6.07) is 7.67. The molecule has 0 unspecified atom stereocenters. The third-order valence-corrected chi connectivity index (χ3v) is 2.32. The van der Waals surface area contributed by atoms with Crippen LogP contribution in [0.25, 0.3) is 11.0 Å². The van der Waals surface area contributed by atoms with Gasteiger partial charge in [-0.3, -0.25) is 0 Å². The molecule has 18 heavy (non-hydrogen) atoms. The van der Waals surface area contributed by atoms with E-state index in [1.807, 2.05) is 24.3 Å². The second kappa shape index (κ2) is 5.31. The predicted molar refractivity (Wildman–Crippen MR) is 68.5 cm³/mol. The summed E-state index contributed by atoms with van der Waals surface area (Å²) >= 11 is 0. The number of amides is 1. The van der Waals surface area contributed by atoms with Crippen LogP contribution in [-0.4, -0.2) is 28.4 Å². The molecule has 1 amide bonds. The Hall–Kier alpha value is -2.37. The van der Waals surface area contributed by atoms with E-state index in [1.54, 1.807) is 13.8 Å². The molecule has 0 saturated carbocycles. The van der Waals surface area contributed by atoms with Crippen molar-refractivity contribution in [2.75, 3.05) is 6.61 Å². The zero-order chi connectivity index (χ0) is 13.0. The minimum absolute atomic E-state index is 0.311. The van der Waals surface area contributed by atoms with E-state index in [-0.39, 0.29) is 0 Å². The van der Waals surface area contributed by atoms with Crippen molar-refractivity contribution in [3.63, 3.8) is 0 Å². The molecule has 0 radical (unpaired) electrons. The Labute approximate surface area is 104 Å². The third kappa shape index (κ3) is 2.65. The van der Waals surface area contributed by atoms with Crippen LogP contribution in [0.4, 0.5) is 4.79 Å². The molecule has 0 fully saturated rings. The van der Waals surface area contributed by atoms with E-state index in [1.165, 1.54) is 0 Å². The first-order valence-electron chi connectivity index (χ1n) is 5.63. The second-order valence-electron chi connectivity index (χ2n) is 3.63. The fourth-order valence-electron chi connectivity index (χ4n) is 1.47. The summed E-state index contributed by atoms with van der Waals surface area (Å²) in [5.41, 5.74) is 4.66. The third-order valence-electron chi connectivity index (χ3n) is 2.32. The molecule has 0 aliphatic rings. The van der Waals surface area contributed by atoms with Crippen molar-refractivity contribution in [1.29, 1.82) is 0 Å². The molecular weight excluding hydrogens is 232 g/mol. The van der Waals surface area contributed by atoms with Gasteiger partial charge in [0.2, 0.25) is 0 Å². The molecule has 0 bridgehead atoms. The van der Waals surface area contributed by atoms with Gasteiger partial charge in [-0.2, -0.15) is 5.10 Å². The lowest BCUT2D eigenvalue weighted by atomic mass is 10.3. The van der Waals surface area contributed by atoms with Gasteiger partial charge < -0.3 is 9.72 Å². The first kappa shape index (κ1) is 12.1. The Morgan fingerprint density at radius 1 is 1.50 bits per heavy atom. The standard InChI is InChI=1S/C12H14N4O2/c1-3-18-12(17)16-15-8(2)11-13-9-6-4-5-7-10(9)14-11/h4-7H,3H2,1-2H3,(H,13,14)(H,16,17). The first-order chi connectivity index (χ1) is 8.70. The van der Waals surface area contributed by atoms with Crippen molar-refractivity contribution in [2.24, 2.45) is 5.10 Å². The van der Waals surface area contributed by atoms with Gasteiger partial charge in [-0.15, -0.1) is 0 Å². The maximum atomic E-state index is 11.1. The fourth-order valence-corrected chi connectivity index (χ4v) is 1.47. The number of aromatic nitrogens is 2. The maximum absolute atomic E-state index is 11.1. The molecule has 2 N–H and O–H groups in total. The number of aromatic amines is 1. The molecule has 2 aromatic rings. The zero-order valence-electron chi connectivity index (χ0n) is 10.2. The van der Waals surface area contributed by atoms with Crippen molar-refractivity contribution in [3.05, 3.63) is 30.1 Å². The number of nitrogens with zero attached hydrogens (tertiary/aromatic N) is 2. The molecule has 1 heterocycles. The van der Waals surface area contributed by atoms with Crippen LogP contribution in [0.1, 0.15) is 19.7 Å². The number of hydrogen-bond acceptors (Lipinski definition) is 4. The number of ether oxygens (including phenoxy) is 1. The van der Waals surface area contributed by atoms with E-state index in [0.717, 1.165) is 11.0 Å². The van der Waals surface area contributed by atoms with Crippen LogP contribution in [0.15, 0.2) is 29.4 Å². The molecule has 0 aliphatic carbocycles. The Kier molecular flexibility index (Phi) is 3.57. The molecule has 94 valence electrons. The monoisotopic (exact) mass is 246 g/mol. The Balaban J connectivity index is 2.15. The largest absolute Gasteiger partial charge is 0.449 e. The van der Waals surface area contributed by atoms with E-state index in [0.29, 0.717) is 18.1 Å². The van der Waals surface area contributed by atoms with Crippen LogP contribution < -0.4 is 5.43 Å². The topological polar surface area (TPSA) is 79.4 Å². The van der Waals surface area contributed by atoms with Crippen molar-refractivity contribution >= 4 is 22.8 Å². The van der Waals surface area contributed by atoms with E-state index < -0.39 is 6.09 Å². The van der Waals surface area contributed by atoms with E-state index in [9.17, 15) is 4.79 Å². The summed E-state index contributed by atoms with van der Waals surface area (Å²) in [5.74, 6) is 0.619. The summed E-state index contributed by atoms with van der Waals surface area (Å²) in [5, 5.41) is 3.91. The highest BCUT2D eigenvalue weighted by Gasteiger charge is 2.05. The van der Waals surface area contributed by atoms with Crippen LogP contribution in [0.3, 0.4) is 0 Å². The molecule has 0 aliphatic heterocycles. The number of fused-ring (bicyclic) bond motifs is 1. The van der Waals surface area contributed by atoms with Gasteiger partial charge >= 0.3 is 6.09 Å². The van der Waals surface area contributed by atoms with Crippen LogP contribution in [0.2, 0.25) is 0 Å². The first-order valence-corrected chi connectivity index (χ1v) is 5.63. The van der Waals surface area contributed by atoms with Crippen molar-refractivity contribution in [3.8, 4) is 0 Å². The molecule has 0 atom stereocenters. The number of para-hydroxylation sites is 2. The summed E-state index contributed by atoms with van der Waals surface area (Å²) in [6.45, 7) is 3.80. The van der Waals surface area contributed by atoms with Gasteiger partial charge in [0.15, 0.2) is 5.82 Å². The van der Waals surface area contributed by atoms with Crippen LogP contribution in [0.5, 0.6) is 0 Å². The minimum atomic E-state index is -0.576. The number of hydrogen-bond donors (Lipinski definition) is 2. The molecule has 0 saturated heterocycles. The second-order valence-corrected chi connectivity index (χ2v) is 3.63. The lowest BCUT2D eigenvalue weighted by Crippen LogP contribution is -2.20. The van der Waals surface area contributed by atoms with E-state index in [4.69, 9.17) is 4.74 Å². The van der Waals surface area contributed by atoms with Crippen molar-refractivity contribution < 1.29 is 9.53 Å². The highest BCUT2D eigenvalue weighted by atomic mass is 16.5. The average Bonchev–Trinajstić information content (AvgIpc) is 2.80. The summed E-state index contributed by atoms with van der Waals surface area (Å²) in [6.07, 6.45) is -0.576. The molecule has 1 aromatic carbocycles. The van der Waals surface area contributed by atoms with Crippen molar-refractivity contribution in [1.82, 2.24) is 15.4 Å². The molecular formula is C12H14N4O2. The van der Waals surface area contributed by atoms with Gasteiger partial charge in [-0.1, -0.05) is 12.1 Å². The summed E-state index contributed by atoms with van der Waals surface area (Å²) in [4.78, 5) is 18.6. The van der Waals surface area contributed by atoms with Crippen LogP contribution in [-0.2, 0) is 4.74 Å². The number of rotatable bonds is 3. The van der Waals surface area contributed by atoms with Gasteiger partial charge in [0.1, 0.15) is 5.71 Å². The SMILES string of the molecule is CCOC(=O)NN=C(C)c1nc2ccccc2[nH]1. The Bertz CT molecular complexity index is 556. The van der Waals surface area contributed by atoms with Gasteiger partial charge in [-0.05, 0) is 26.0 Å². The van der Waals surface area contributed by atoms with E-state index >= 15 is 0 Å². The zero-order valence-corrected chi connectivity index (χ0v) is 10.2. The number of hydrazone groups is 1. The van der Waals surface area contributed by atoms with Gasteiger partial charge in [0.05, 0.1) is 17.6 Å². The number of H-pyrrole nitrogens is 1. The number of benzene rings is 1. The minimum Gasteiger partial charge on any atom is -0.449 e. The molecule has 6 heteroatoms. The van der Waals surface area contributed by atoms with Crippen LogP contribution >= 0.6 is 0 Å². The molecule has 0 spiro atoms. The normalized spacial score (nSPS) is 11.6. The lowest BCUT2D eigenvalue weighted by Gasteiger charge is -2.00.